The summed E-state index contributed by atoms with van der Waals surface area (Å²) < 4.78 is 33.7. The van der Waals surface area contributed by atoms with E-state index in [-0.39, 0.29) is 31.3 Å². The third kappa shape index (κ3) is 4.64. The standard InChI is InChI=1S/C13H18N2O4S3/c1-2-20-13-15-11-4-3-10(9-12(11)21-13)22(17,18)14-5-7-19-8-6-16/h3-4,9,14,16H,2,5-8H2,1H3. The van der Waals surface area contributed by atoms with Crippen LogP contribution in [0.3, 0.4) is 0 Å². The van der Waals surface area contributed by atoms with E-state index in [1.165, 1.54) is 11.3 Å². The van der Waals surface area contributed by atoms with Gasteiger partial charge in [0.2, 0.25) is 10.0 Å². The Balaban J connectivity index is 2.08. The van der Waals surface area contributed by atoms with Gasteiger partial charge < -0.3 is 9.84 Å². The fourth-order valence-electron chi connectivity index (χ4n) is 1.73. The first-order valence-corrected chi connectivity index (χ1v) is 10.1. The minimum atomic E-state index is -3.56. The van der Waals surface area contributed by atoms with Crippen LogP contribution in [0.1, 0.15) is 6.92 Å². The zero-order valence-corrected chi connectivity index (χ0v) is 14.6. The van der Waals surface area contributed by atoms with Gasteiger partial charge in [-0.1, -0.05) is 18.7 Å². The normalized spacial score (nSPS) is 12.1. The molecule has 2 N–H and O–H groups in total. The number of aliphatic hydroxyl groups is 1. The van der Waals surface area contributed by atoms with Gasteiger partial charge in [-0.05, 0) is 24.0 Å². The number of hydrogen-bond donors (Lipinski definition) is 2. The summed E-state index contributed by atoms with van der Waals surface area (Å²) in [7, 11) is -3.56. The van der Waals surface area contributed by atoms with Crippen molar-refractivity contribution in [2.24, 2.45) is 0 Å². The van der Waals surface area contributed by atoms with E-state index in [2.05, 4.69) is 16.6 Å². The van der Waals surface area contributed by atoms with Crippen molar-refractivity contribution in [2.75, 3.05) is 32.1 Å². The van der Waals surface area contributed by atoms with Crippen molar-refractivity contribution in [3.8, 4) is 0 Å². The topological polar surface area (TPSA) is 88.5 Å². The van der Waals surface area contributed by atoms with Gasteiger partial charge in [0.1, 0.15) is 0 Å². The summed E-state index contributed by atoms with van der Waals surface area (Å²) in [6.45, 7) is 2.56. The molecular formula is C13H18N2O4S3. The lowest BCUT2D eigenvalue weighted by atomic mass is 10.3. The van der Waals surface area contributed by atoms with E-state index < -0.39 is 10.0 Å². The third-order valence-electron chi connectivity index (χ3n) is 2.69. The van der Waals surface area contributed by atoms with E-state index in [0.717, 1.165) is 20.3 Å². The largest absolute Gasteiger partial charge is 0.394 e. The number of nitrogens with zero attached hydrogens (tertiary/aromatic N) is 1. The molecule has 22 heavy (non-hydrogen) atoms. The fourth-order valence-corrected chi connectivity index (χ4v) is 4.85. The van der Waals surface area contributed by atoms with E-state index in [1.54, 1.807) is 30.0 Å². The first-order chi connectivity index (χ1) is 10.6. The highest BCUT2D eigenvalue weighted by Crippen LogP contribution is 2.30. The van der Waals surface area contributed by atoms with Crippen LogP contribution in [0, 0.1) is 0 Å². The first-order valence-electron chi connectivity index (χ1n) is 6.78. The summed E-state index contributed by atoms with van der Waals surface area (Å²) in [5.41, 5.74) is 0.811. The molecule has 9 heteroatoms. The van der Waals surface area contributed by atoms with Crippen LogP contribution in [-0.2, 0) is 14.8 Å². The Morgan fingerprint density at radius 1 is 1.41 bits per heavy atom. The Kier molecular flexibility index (Phi) is 6.60. The van der Waals surface area contributed by atoms with Crippen molar-refractivity contribution >= 4 is 43.3 Å². The molecule has 0 aliphatic heterocycles. The molecule has 0 aliphatic rings. The monoisotopic (exact) mass is 362 g/mol. The molecule has 122 valence electrons. The van der Waals surface area contributed by atoms with Crippen LogP contribution in [-0.4, -0.2) is 50.6 Å². The minimum Gasteiger partial charge on any atom is -0.394 e. The fraction of sp³-hybridized carbons (Fsp3) is 0.462. The van der Waals surface area contributed by atoms with Crippen molar-refractivity contribution in [1.82, 2.24) is 9.71 Å². The summed E-state index contributed by atoms with van der Waals surface area (Å²) in [4.78, 5) is 4.67. The highest BCUT2D eigenvalue weighted by atomic mass is 32.2. The Hall–Kier alpha value is -0.710. The number of aliphatic hydroxyl groups excluding tert-OH is 1. The Morgan fingerprint density at radius 2 is 2.23 bits per heavy atom. The lowest BCUT2D eigenvalue weighted by Gasteiger charge is -2.07. The molecule has 0 saturated carbocycles. The van der Waals surface area contributed by atoms with Crippen molar-refractivity contribution < 1.29 is 18.3 Å². The van der Waals surface area contributed by atoms with Crippen LogP contribution in [0.25, 0.3) is 10.2 Å². The number of thiazole rings is 1. The summed E-state index contributed by atoms with van der Waals surface area (Å²) in [5.74, 6) is 0.931. The van der Waals surface area contributed by atoms with Crippen LogP contribution in [0.15, 0.2) is 27.4 Å². The summed E-state index contributed by atoms with van der Waals surface area (Å²) in [5, 5.41) is 8.57. The van der Waals surface area contributed by atoms with Gasteiger partial charge >= 0.3 is 0 Å². The molecule has 0 unspecified atom stereocenters. The zero-order chi connectivity index (χ0) is 16.0. The average molecular weight is 362 g/mol. The van der Waals surface area contributed by atoms with E-state index in [9.17, 15) is 8.42 Å². The first kappa shape index (κ1) is 17.6. The second-order valence-electron chi connectivity index (χ2n) is 4.28. The number of aromatic nitrogens is 1. The number of hydrogen-bond acceptors (Lipinski definition) is 7. The molecule has 0 saturated heterocycles. The molecule has 0 fully saturated rings. The zero-order valence-electron chi connectivity index (χ0n) is 12.1. The summed E-state index contributed by atoms with van der Waals surface area (Å²) in [6, 6.07) is 4.92. The maximum absolute atomic E-state index is 12.2. The van der Waals surface area contributed by atoms with Crippen molar-refractivity contribution in [1.29, 1.82) is 0 Å². The molecule has 0 atom stereocenters. The van der Waals surface area contributed by atoms with Gasteiger partial charge in [0.15, 0.2) is 4.34 Å². The van der Waals surface area contributed by atoms with Gasteiger partial charge in [-0.2, -0.15) is 0 Å². The molecule has 0 bridgehead atoms. The van der Waals surface area contributed by atoms with Gasteiger partial charge in [-0.25, -0.2) is 18.1 Å². The smallest absolute Gasteiger partial charge is 0.240 e. The van der Waals surface area contributed by atoms with Gasteiger partial charge in [0.25, 0.3) is 0 Å². The summed E-state index contributed by atoms with van der Waals surface area (Å²) >= 11 is 3.14. The van der Waals surface area contributed by atoms with Gasteiger partial charge in [-0.15, -0.1) is 11.3 Å². The quantitative estimate of drug-likeness (QED) is 0.521. The van der Waals surface area contributed by atoms with E-state index >= 15 is 0 Å². The highest BCUT2D eigenvalue weighted by Gasteiger charge is 2.15. The number of rotatable bonds is 9. The number of thioether (sulfide) groups is 1. The SMILES string of the molecule is CCSc1nc2ccc(S(=O)(=O)NCCOCCO)cc2s1. The van der Waals surface area contributed by atoms with Crippen LogP contribution in [0.4, 0.5) is 0 Å². The lowest BCUT2D eigenvalue weighted by Crippen LogP contribution is -2.27. The minimum absolute atomic E-state index is 0.0765. The van der Waals surface area contributed by atoms with Crippen LogP contribution < -0.4 is 4.72 Å². The Labute approximate surface area is 138 Å². The average Bonchev–Trinajstić information content (AvgIpc) is 2.88. The molecule has 1 heterocycles. The number of nitrogens with one attached hydrogen (secondary N) is 1. The molecule has 1 aromatic heterocycles. The molecule has 2 aromatic rings. The van der Waals surface area contributed by atoms with Crippen LogP contribution in [0.5, 0.6) is 0 Å². The lowest BCUT2D eigenvalue weighted by molar-refractivity contribution is 0.0961. The molecule has 1 aromatic carbocycles. The molecule has 0 amide bonds. The third-order valence-corrected chi connectivity index (χ3v) is 6.19. The predicted octanol–water partition coefficient (Wildman–Crippen LogP) is 1.70. The van der Waals surface area contributed by atoms with Crippen molar-refractivity contribution in [3.63, 3.8) is 0 Å². The second kappa shape index (κ2) is 8.23. The van der Waals surface area contributed by atoms with Gasteiger partial charge in [-0.3, -0.25) is 0 Å². The maximum Gasteiger partial charge on any atom is 0.240 e. The number of benzene rings is 1. The van der Waals surface area contributed by atoms with E-state index in [4.69, 9.17) is 9.84 Å². The predicted molar refractivity (Wildman–Crippen MR) is 89.1 cm³/mol. The van der Waals surface area contributed by atoms with Gasteiger partial charge in [0, 0.05) is 6.54 Å². The van der Waals surface area contributed by atoms with Crippen molar-refractivity contribution in [2.45, 2.75) is 16.2 Å². The van der Waals surface area contributed by atoms with Gasteiger partial charge in [0.05, 0.1) is 34.9 Å². The molecular weight excluding hydrogens is 344 g/mol. The van der Waals surface area contributed by atoms with E-state index in [1.807, 2.05) is 0 Å². The number of sulfonamides is 1. The second-order valence-corrected chi connectivity index (χ2v) is 8.58. The number of ether oxygens (including phenoxy) is 1. The summed E-state index contributed by atoms with van der Waals surface area (Å²) in [6.07, 6.45) is 0. The van der Waals surface area contributed by atoms with Crippen LogP contribution in [0.2, 0.25) is 0 Å². The van der Waals surface area contributed by atoms with E-state index in [0.29, 0.717) is 0 Å². The molecule has 2 rings (SSSR count). The highest BCUT2D eigenvalue weighted by molar-refractivity contribution is 8.01. The Bertz CT molecular complexity index is 715. The number of fused-ring (bicyclic) bond motifs is 1. The van der Waals surface area contributed by atoms with Crippen LogP contribution >= 0.6 is 23.1 Å². The molecule has 0 radical (unpaired) electrons. The Morgan fingerprint density at radius 3 is 2.95 bits per heavy atom. The molecule has 0 aliphatic carbocycles. The van der Waals surface area contributed by atoms with Crippen molar-refractivity contribution in [3.05, 3.63) is 18.2 Å². The maximum atomic E-state index is 12.2. The molecule has 0 spiro atoms. The molecule has 6 nitrogen and oxygen atoms in total.